The minimum atomic E-state index is -0.604. The summed E-state index contributed by atoms with van der Waals surface area (Å²) in [6.07, 6.45) is 1.75. The van der Waals surface area contributed by atoms with E-state index in [1.54, 1.807) is 24.1 Å². The monoisotopic (exact) mass is 421 g/mol. The second-order valence-electron chi connectivity index (χ2n) is 8.08. The van der Waals surface area contributed by atoms with Gasteiger partial charge in [-0.25, -0.2) is 0 Å². The van der Waals surface area contributed by atoms with Gasteiger partial charge in [0.2, 0.25) is 11.8 Å². The SMILES string of the molecule is CCc1ccc(C(=O)N[C@H]2C[C@H]3C(=O)N[C@@H](Cc4ccc(OC)cc4)C(=O)N3C2)cc1. The molecule has 0 saturated carbocycles. The van der Waals surface area contributed by atoms with Crippen LogP contribution in [0.25, 0.3) is 0 Å². The van der Waals surface area contributed by atoms with Crippen LogP contribution in [0.3, 0.4) is 0 Å². The van der Waals surface area contributed by atoms with Gasteiger partial charge in [-0.1, -0.05) is 31.2 Å². The van der Waals surface area contributed by atoms with Crippen molar-refractivity contribution in [3.05, 3.63) is 65.2 Å². The van der Waals surface area contributed by atoms with Gasteiger partial charge < -0.3 is 20.3 Å². The Morgan fingerprint density at radius 1 is 1.10 bits per heavy atom. The number of ether oxygens (including phenoxy) is 1. The molecule has 2 N–H and O–H groups in total. The van der Waals surface area contributed by atoms with Crippen LogP contribution in [0, 0.1) is 0 Å². The Morgan fingerprint density at radius 3 is 2.42 bits per heavy atom. The van der Waals surface area contributed by atoms with Crippen LogP contribution in [-0.4, -0.2) is 54.4 Å². The first-order valence-corrected chi connectivity index (χ1v) is 10.6. The molecule has 2 aliphatic rings. The Bertz CT molecular complexity index is 971. The predicted octanol–water partition coefficient (Wildman–Crippen LogP) is 1.70. The quantitative estimate of drug-likeness (QED) is 0.743. The first kappa shape index (κ1) is 20.9. The molecule has 0 aromatic heterocycles. The molecule has 31 heavy (non-hydrogen) atoms. The van der Waals surface area contributed by atoms with E-state index in [1.807, 2.05) is 36.4 Å². The van der Waals surface area contributed by atoms with E-state index in [9.17, 15) is 14.4 Å². The summed E-state index contributed by atoms with van der Waals surface area (Å²) in [7, 11) is 1.60. The van der Waals surface area contributed by atoms with E-state index >= 15 is 0 Å². The standard InChI is InChI=1S/C24H27N3O4/c1-3-15-4-8-17(9-5-15)22(28)25-18-13-21-23(29)26-20(24(30)27(21)14-18)12-16-6-10-19(31-2)11-7-16/h4-11,18,20-21H,3,12-14H2,1-2H3,(H,25,28)(H,26,29)/t18-,20-,21-/m0/s1. The molecule has 3 atom stereocenters. The number of fused-ring (bicyclic) bond motifs is 1. The Kier molecular flexibility index (Phi) is 5.93. The number of nitrogens with one attached hydrogen (secondary N) is 2. The summed E-state index contributed by atoms with van der Waals surface area (Å²) in [5.41, 5.74) is 2.69. The summed E-state index contributed by atoms with van der Waals surface area (Å²) >= 11 is 0. The molecule has 0 radical (unpaired) electrons. The third kappa shape index (κ3) is 4.40. The molecule has 2 aromatic rings. The highest BCUT2D eigenvalue weighted by molar-refractivity contribution is 5.98. The fraction of sp³-hybridized carbons (Fsp3) is 0.375. The lowest BCUT2D eigenvalue weighted by Gasteiger charge is -2.34. The minimum Gasteiger partial charge on any atom is -0.497 e. The van der Waals surface area contributed by atoms with E-state index in [2.05, 4.69) is 17.6 Å². The van der Waals surface area contributed by atoms with Crippen molar-refractivity contribution in [1.82, 2.24) is 15.5 Å². The van der Waals surface area contributed by atoms with Gasteiger partial charge in [0.1, 0.15) is 17.8 Å². The Morgan fingerprint density at radius 2 is 1.77 bits per heavy atom. The number of carbonyl (C=O) groups excluding carboxylic acids is 3. The molecule has 0 bridgehead atoms. The number of hydrogen-bond acceptors (Lipinski definition) is 4. The fourth-order valence-electron chi connectivity index (χ4n) is 4.26. The summed E-state index contributed by atoms with van der Waals surface area (Å²) < 4.78 is 5.16. The predicted molar refractivity (Wildman–Crippen MR) is 116 cm³/mol. The Balaban J connectivity index is 1.39. The van der Waals surface area contributed by atoms with Gasteiger partial charge in [-0.3, -0.25) is 14.4 Å². The first-order chi connectivity index (χ1) is 15.0. The van der Waals surface area contributed by atoms with Crippen molar-refractivity contribution in [2.75, 3.05) is 13.7 Å². The van der Waals surface area contributed by atoms with Crippen molar-refractivity contribution >= 4 is 17.7 Å². The van der Waals surface area contributed by atoms with Crippen LogP contribution >= 0.6 is 0 Å². The molecule has 4 rings (SSSR count). The molecule has 2 heterocycles. The molecule has 0 spiro atoms. The van der Waals surface area contributed by atoms with E-state index in [0.29, 0.717) is 24.9 Å². The number of benzene rings is 2. The normalized spacial score (nSPS) is 22.6. The number of aryl methyl sites for hydroxylation is 1. The molecule has 7 heteroatoms. The zero-order valence-corrected chi connectivity index (χ0v) is 17.8. The summed E-state index contributed by atoms with van der Waals surface area (Å²) in [4.78, 5) is 39.9. The lowest BCUT2D eigenvalue weighted by atomic mass is 10.0. The Hall–Kier alpha value is -3.35. The lowest BCUT2D eigenvalue weighted by Crippen LogP contribution is -2.61. The van der Waals surface area contributed by atoms with Gasteiger partial charge >= 0.3 is 0 Å². The number of carbonyl (C=O) groups is 3. The second kappa shape index (κ2) is 8.79. The van der Waals surface area contributed by atoms with Crippen molar-refractivity contribution in [3.8, 4) is 5.75 Å². The second-order valence-corrected chi connectivity index (χ2v) is 8.08. The summed E-state index contributed by atoms with van der Waals surface area (Å²) in [6, 6.07) is 13.5. The van der Waals surface area contributed by atoms with Crippen molar-refractivity contribution in [2.45, 2.75) is 44.3 Å². The van der Waals surface area contributed by atoms with E-state index < -0.39 is 12.1 Å². The van der Waals surface area contributed by atoms with Crippen molar-refractivity contribution < 1.29 is 19.1 Å². The highest BCUT2D eigenvalue weighted by Crippen LogP contribution is 2.24. The molecular weight excluding hydrogens is 394 g/mol. The van der Waals surface area contributed by atoms with Gasteiger partial charge in [0.15, 0.2) is 0 Å². The highest BCUT2D eigenvalue weighted by atomic mass is 16.5. The molecule has 7 nitrogen and oxygen atoms in total. The summed E-state index contributed by atoms with van der Waals surface area (Å²) in [5, 5.41) is 5.84. The summed E-state index contributed by atoms with van der Waals surface area (Å²) in [5.74, 6) is 0.284. The topological polar surface area (TPSA) is 87.7 Å². The number of rotatable bonds is 6. The van der Waals surface area contributed by atoms with Crippen LogP contribution in [0.2, 0.25) is 0 Å². The zero-order chi connectivity index (χ0) is 22.0. The number of hydrogen-bond donors (Lipinski definition) is 2. The van der Waals surface area contributed by atoms with Crippen LogP contribution in [0.5, 0.6) is 5.75 Å². The molecule has 2 aliphatic heterocycles. The van der Waals surface area contributed by atoms with Gasteiger partial charge in [0.25, 0.3) is 5.91 Å². The average molecular weight is 421 g/mol. The maximum absolute atomic E-state index is 13.0. The minimum absolute atomic E-state index is 0.107. The maximum Gasteiger partial charge on any atom is 0.251 e. The number of nitrogens with zero attached hydrogens (tertiary/aromatic N) is 1. The molecule has 162 valence electrons. The van der Waals surface area contributed by atoms with Crippen LogP contribution in [0.4, 0.5) is 0 Å². The van der Waals surface area contributed by atoms with Crippen LogP contribution in [0.1, 0.15) is 34.8 Å². The molecule has 0 unspecified atom stereocenters. The third-order valence-corrected chi connectivity index (χ3v) is 6.06. The largest absolute Gasteiger partial charge is 0.497 e. The van der Waals surface area contributed by atoms with Crippen LogP contribution < -0.4 is 15.4 Å². The Labute approximate surface area is 181 Å². The number of methoxy groups -OCH3 is 1. The lowest BCUT2D eigenvalue weighted by molar-refractivity contribution is -0.147. The van der Waals surface area contributed by atoms with Crippen molar-refractivity contribution in [2.24, 2.45) is 0 Å². The third-order valence-electron chi connectivity index (χ3n) is 6.06. The van der Waals surface area contributed by atoms with Crippen molar-refractivity contribution in [1.29, 1.82) is 0 Å². The molecule has 2 fully saturated rings. The van der Waals surface area contributed by atoms with Gasteiger partial charge in [-0.2, -0.15) is 0 Å². The molecule has 0 aliphatic carbocycles. The number of amides is 3. The zero-order valence-electron chi connectivity index (χ0n) is 17.8. The van der Waals surface area contributed by atoms with E-state index in [0.717, 1.165) is 17.7 Å². The van der Waals surface area contributed by atoms with E-state index in [4.69, 9.17) is 4.74 Å². The van der Waals surface area contributed by atoms with Gasteiger partial charge in [-0.05, 0) is 48.2 Å². The van der Waals surface area contributed by atoms with Crippen LogP contribution in [0.15, 0.2) is 48.5 Å². The summed E-state index contributed by atoms with van der Waals surface area (Å²) in [6.45, 7) is 2.41. The fourth-order valence-corrected chi connectivity index (χ4v) is 4.26. The molecule has 2 aromatic carbocycles. The first-order valence-electron chi connectivity index (χ1n) is 10.6. The van der Waals surface area contributed by atoms with Gasteiger partial charge in [-0.15, -0.1) is 0 Å². The highest BCUT2D eigenvalue weighted by Gasteiger charge is 2.46. The van der Waals surface area contributed by atoms with E-state index in [1.165, 1.54) is 5.56 Å². The maximum atomic E-state index is 13.0. The molecule has 2 saturated heterocycles. The molecule has 3 amide bonds. The number of piperazine rings is 1. The molecular formula is C24H27N3O4. The van der Waals surface area contributed by atoms with Gasteiger partial charge in [0, 0.05) is 24.6 Å². The van der Waals surface area contributed by atoms with Gasteiger partial charge in [0.05, 0.1) is 7.11 Å². The average Bonchev–Trinajstić information content (AvgIpc) is 3.22. The van der Waals surface area contributed by atoms with Crippen molar-refractivity contribution in [3.63, 3.8) is 0 Å². The van der Waals surface area contributed by atoms with E-state index in [-0.39, 0.29) is 23.8 Å². The smallest absolute Gasteiger partial charge is 0.251 e. The van der Waals surface area contributed by atoms with Crippen LogP contribution in [-0.2, 0) is 22.4 Å².